The van der Waals surface area contributed by atoms with Crippen LogP contribution >= 0.6 is 15.9 Å². The molecule has 1 fully saturated rings. The molecule has 1 heterocycles. The molecule has 0 aliphatic carbocycles. The van der Waals surface area contributed by atoms with Crippen molar-refractivity contribution in [3.8, 4) is 0 Å². The molecule has 0 aromatic heterocycles. The van der Waals surface area contributed by atoms with E-state index in [1.807, 2.05) is 18.7 Å². The van der Waals surface area contributed by atoms with Crippen molar-refractivity contribution in [2.75, 3.05) is 26.3 Å². The molecular formula is C10H18BrNO2. The Kier molecular flexibility index (Phi) is 4.38. The van der Waals surface area contributed by atoms with Gasteiger partial charge in [0.1, 0.15) is 4.32 Å². The first kappa shape index (κ1) is 12.0. The number of nitrogens with zero attached hydrogens (tertiary/aromatic N) is 1. The SMILES string of the molecule is CCC(Br)(CC)C(=O)N1CCOCC1. The summed E-state index contributed by atoms with van der Waals surface area (Å²) < 4.78 is 4.86. The number of hydrogen-bond donors (Lipinski definition) is 0. The van der Waals surface area contributed by atoms with Crippen molar-refractivity contribution in [1.82, 2.24) is 4.90 Å². The van der Waals surface area contributed by atoms with Crippen molar-refractivity contribution >= 4 is 21.8 Å². The van der Waals surface area contributed by atoms with Crippen LogP contribution in [0.25, 0.3) is 0 Å². The molecular weight excluding hydrogens is 246 g/mol. The third kappa shape index (κ3) is 2.48. The summed E-state index contributed by atoms with van der Waals surface area (Å²) >= 11 is 3.55. The van der Waals surface area contributed by atoms with Crippen LogP contribution in [-0.2, 0) is 9.53 Å². The fourth-order valence-electron chi connectivity index (χ4n) is 1.60. The van der Waals surface area contributed by atoms with Crippen LogP contribution in [0.15, 0.2) is 0 Å². The maximum atomic E-state index is 12.1. The zero-order chi connectivity index (χ0) is 10.6. The Morgan fingerprint density at radius 3 is 2.29 bits per heavy atom. The Labute approximate surface area is 93.9 Å². The first-order valence-corrected chi connectivity index (χ1v) is 5.99. The van der Waals surface area contributed by atoms with Gasteiger partial charge in [-0.25, -0.2) is 0 Å². The highest BCUT2D eigenvalue weighted by Crippen LogP contribution is 2.29. The van der Waals surface area contributed by atoms with E-state index in [0.29, 0.717) is 13.2 Å². The molecule has 1 amide bonds. The van der Waals surface area contributed by atoms with Gasteiger partial charge in [0.25, 0.3) is 0 Å². The Morgan fingerprint density at radius 2 is 1.86 bits per heavy atom. The summed E-state index contributed by atoms with van der Waals surface area (Å²) in [6, 6.07) is 0. The number of morpholine rings is 1. The number of ether oxygens (including phenoxy) is 1. The first-order chi connectivity index (χ1) is 6.64. The molecule has 82 valence electrons. The van der Waals surface area contributed by atoms with Gasteiger partial charge in [-0.2, -0.15) is 0 Å². The Morgan fingerprint density at radius 1 is 1.36 bits per heavy atom. The summed E-state index contributed by atoms with van der Waals surface area (Å²) in [5.74, 6) is 0.214. The lowest BCUT2D eigenvalue weighted by Crippen LogP contribution is -2.49. The van der Waals surface area contributed by atoms with Crippen LogP contribution in [0.1, 0.15) is 26.7 Å². The van der Waals surface area contributed by atoms with E-state index in [1.165, 1.54) is 0 Å². The number of carbonyl (C=O) groups is 1. The van der Waals surface area contributed by atoms with Gasteiger partial charge < -0.3 is 9.64 Å². The highest BCUT2D eigenvalue weighted by atomic mass is 79.9. The molecule has 3 nitrogen and oxygen atoms in total. The van der Waals surface area contributed by atoms with Gasteiger partial charge in [0.2, 0.25) is 5.91 Å². The predicted molar refractivity (Wildman–Crippen MR) is 59.6 cm³/mol. The molecule has 0 radical (unpaired) electrons. The highest BCUT2D eigenvalue weighted by molar-refractivity contribution is 9.10. The molecule has 0 aromatic rings. The number of alkyl halides is 1. The molecule has 1 saturated heterocycles. The van der Waals surface area contributed by atoms with Crippen molar-refractivity contribution in [3.05, 3.63) is 0 Å². The van der Waals surface area contributed by atoms with Gasteiger partial charge in [-0.15, -0.1) is 0 Å². The fourth-order valence-corrected chi connectivity index (χ4v) is 1.85. The average Bonchev–Trinajstić information content (AvgIpc) is 2.28. The minimum atomic E-state index is -0.357. The van der Waals surface area contributed by atoms with E-state index < -0.39 is 0 Å². The van der Waals surface area contributed by atoms with E-state index in [4.69, 9.17) is 4.74 Å². The normalized spacial score (nSPS) is 18.4. The minimum Gasteiger partial charge on any atom is -0.378 e. The molecule has 0 spiro atoms. The quantitative estimate of drug-likeness (QED) is 0.727. The van der Waals surface area contributed by atoms with Crippen molar-refractivity contribution in [2.24, 2.45) is 0 Å². The third-order valence-corrected chi connectivity index (χ3v) is 4.26. The largest absolute Gasteiger partial charge is 0.378 e. The summed E-state index contributed by atoms with van der Waals surface area (Å²) in [5.41, 5.74) is 0. The second kappa shape index (κ2) is 5.12. The van der Waals surface area contributed by atoms with Crippen LogP contribution in [0.4, 0.5) is 0 Å². The zero-order valence-electron chi connectivity index (χ0n) is 8.88. The van der Waals surface area contributed by atoms with E-state index in [9.17, 15) is 4.79 Å². The monoisotopic (exact) mass is 263 g/mol. The molecule has 0 unspecified atom stereocenters. The number of halogens is 1. The van der Waals surface area contributed by atoms with E-state index in [1.54, 1.807) is 0 Å². The lowest BCUT2D eigenvalue weighted by atomic mass is 10.0. The smallest absolute Gasteiger partial charge is 0.239 e. The molecule has 14 heavy (non-hydrogen) atoms. The minimum absolute atomic E-state index is 0.214. The molecule has 1 rings (SSSR count). The molecule has 0 atom stereocenters. The van der Waals surface area contributed by atoms with Gasteiger partial charge in [-0.1, -0.05) is 29.8 Å². The lowest BCUT2D eigenvalue weighted by molar-refractivity contribution is -0.137. The molecule has 0 N–H and O–H groups in total. The van der Waals surface area contributed by atoms with E-state index in [0.717, 1.165) is 25.9 Å². The standard InChI is InChI=1S/C10H18BrNO2/c1-3-10(11,4-2)9(13)12-5-7-14-8-6-12/h3-8H2,1-2H3. The van der Waals surface area contributed by atoms with Crippen molar-refractivity contribution < 1.29 is 9.53 Å². The van der Waals surface area contributed by atoms with Crippen LogP contribution in [0.5, 0.6) is 0 Å². The Hall–Kier alpha value is -0.0900. The summed E-state index contributed by atoms with van der Waals surface area (Å²) in [5, 5.41) is 0. The lowest BCUT2D eigenvalue weighted by Gasteiger charge is -2.34. The maximum absolute atomic E-state index is 12.1. The average molecular weight is 264 g/mol. The summed E-state index contributed by atoms with van der Waals surface area (Å²) in [4.78, 5) is 14.0. The molecule has 0 aromatic carbocycles. The van der Waals surface area contributed by atoms with E-state index >= 15 is 0 Å². The van der Waals surface area contributed by atoms with Crippen LogP contribution in [0.3, 0.4) is 0 Å². The third-order valence-electron chi connectivity index (χ3n) is 2.80. The fraction of sp³-hybridized carbons (Fsp3) is 0.900. The van der Waals surface area contributed by atoms with Crippen molar-refractivity contribution in [3.63, 3.8) is 0 Å². The molecule has 1 aliphatic heterocycles. The molecule has 0 bridgehead atoms. The van der Waals surface area contributed by atoms with Crippen molar-refractivity contribution in [2.45, 2.75) is 31.0 Å². The van der Waals surface area contributed by atoms with Gasteiger partial charge in [0.15, 0.2) is 0 Å². The van der Waals surface area contributed by atoms with Crippen molar-refractivity contribution in [1.29, 1.82) is 0 Å². The topological polar surface area (TPSA) is 29.5 Å². The molecule has 0 saturated carbocycles. The second-order valence-corrected chi connectivity index (χ2v) is 5.09. The predicted octanol–water partition coefficient (Wildman–Crippen LogP) is 1.80. The molecule has 1 aliphatic rings. The summed E-state index contributed by atoms with van der Waals surface area (Å²) in [7, 11) is 0. The van der Waals surface area contributed by atoms with E-state index in [-0.39, 0.29) is 10.2 Å². The Bertz CT molecular complexity index is 198. The number of hydrogen-bond acceptors (Lipinski definition) is 2. The zero-order valence-corrected chi connectivity index (χ0v) is 10.5. The molecule has 4 heteroatoms. The van der Waals surface area contributed by atoms with Gasteiger partial charge in [-0.3, -0.25) is 4.79 Å². The van der Waals surface area contributed by atoms with Gasteiger partial charge in [0, 0.05) is 13.1 Å². The van der Waals surface area contributed by atoms with Gasteiger partial charge in [-0.05, 0) is 12.8 Å². The number of rotatable bonds is 3. The summed E-state index contributed by atoms with van der Waals surface area (Å²) in [6.07, 6.45) is 1.67. The van der Waals surface area contributed by atoms with Gasteiger partial charge >= 0.3 is 0 Å². The Balaban J connectivity index is 2.61. The number of amides is 1. The van der Waals surface area contributed by atoms with Crippen LogP contribution in [0.2, 0.25) is 0 Å². The van der Waals surface area contributed by atoms with E-state index in [2.05, 4.69) is 15.9 Å². The number of carbonyl (C=O) groups excluding carboxylic acids is 1. The van der Waals surface area contributed by atoms with Crippen LogP contribution in [-0.4, -0.2) is 41.4 Å². The van der Waals surface area contributed by atoms with Gasteiger partial charge in [0.05, 0.1) is 13.2 Å². The van der Waals surface area contributed by atoms with Crippen LogP contribution in [0, 0.1) is 0 Å². The highest BCUT2D eigenvalue weighted by Gasteiger charge is 2.35. The summed E-state index contributed by atoms with van der Waals surface area (Å²) in [6.45, 7) is 6.87. The maximum Gasteiger partial charge on any atom is 0.239 e. The first-order valence-electron chi connectivity index (χ1n) is 5.20. The van der Waals surface area contributed by atoms with Crippen LogP contribution < -0.4 is 0 Å². The second-order valence-electron chi connectivity index (χ2n) is 3.58.